The van der Waals surface area contributed by atoms with Crippen molar-refractivity contribution in [3.63, 3.8) is 0 Å². The van der Waals surface area contributed by atoms with Crippen LogP contribution in [0.3, 0.4) is 0 Å². The molecule has 18 heavy (non-hydrogen) atoms. The van der Waals surface area contributed by atoms with Gasteiger partial charge in [0.15, 0.2) is 0 Å². The van der Waals surface area contributed by atoms with E-state index >= 15 is 0 Å². The zero-order chi connectivity index (χ0) is 12.5. The van der Waals surface area contributed by atoms with Crippen molar-refractivity contribution in [3.8, 4) is 0 Å². The lowest BCUT2D eigenvalue weighted by Crippen LogP contribution is -2.35. The summed E-state index contributed by atoms with van der Waals surface area (Å²) in [7, 11) is 0. The van der Waals surface area contributed by atoms with Crippen molar-refractivity contribution in [2.45, 2.75) is 12.8 Å². The number of carbonyl (C=O) groups is 1. The van der Waals surface area contributed by atoms with E-state index < -0.39 is 0 Å². The molecule has 0 radical (unpaired) electrons. The SMILES string of the molecule is Nc1cnsc1C(=O)N1CCCc2ccccc21. The number of hydrogen-bond acceptors (Lipinski definition) is 4. The Balaban J connectivity index is 2.00. The van der Waals surface area contributed by atoms with Crippen molar-refractivity contribution in [1.82, 2.24) is 4.37 Å². The number of fused-ring (bicyclic) bond motifs is 1. The molecule has 0 saturated heterocycles. The second-order valence-corrected chi connectivity index (χ2v) is 5.10. The molecule has 92 valence electrons. The summed E-state index contributed by atoms with van der Waals surface area (Å²) in [4.78, 5) is 14.8. The van der Waals surface area contributed by atoms with Gasteiger partial charge in [-0.1, -0.05) is 18.2 Å². The Morgan fingerprint density at radius 3 is 3.00 bits per heavy atom. The standard InChI is InChI=1S/C13H13N3OS/c14-10-8-15-18-12(10)13(17)16-7-3-5-9-4-1-2-6-11(9)16/h1-2,4,6,8H,3,5,7,14H2. The highest BCUT2D eigenvalue weighted by molar-refractivity contribution is 7.08. The molecule has 5 heteroatoms. The van der Waals surface area contributed by atoms with E-state index in [1.54, 1.807) is 0 Å². The predicted molar refractivity (Wildman–Crippen MR) is 73.0 cm³/mol. The van der Waals surface area contributed by atoms with Crippen LogP contribution in [0.1, 0.15) is 21.7 Å². The maximum atomic E-state index is 12.5. The first-order valence-electron chi connectivity index (χ1n) is 5.87. The Morgan fingerprint density at radius 2 is 2.22 bits per heavy atom. The fourth-order valence-corrected chi connectivity index (χ4v) is 2.89. The molecule has 2 N–H and O–H groups in total. The number of aromatic nitrogens is 1. The van der Waals surface area contributed by atoms with Crippen LogP contribution < -0.4 is 10.6 Å². The minimum Gasteiger partial charge on any atom is -0.396 e. The largest absolute Gasteiger partial charge is 0.396 e. The van der Waals surface area contributed by atoms with Crippen LogP contribution >= 0.6 is 11.5 Å². The topological polar surface area (TPSA) is 59.2 Å². The van der Waals surface area contributed by atoms with E-state index in [0.29, 0.717) is 10.6 Å². The maximum Gasteiger partial charge on any atom is 0.272 e. The molecule has 3 rings (SSSR count). The number of benzene rings is 1. The molecule has 0 spiro atoms. The highest BCUT2D eigenvalue weighted by Crippen LogP contribution is 2.29. The van der Waals surface area contributed by atoms with E-state index in [1.165, 1.54) is 11.8 Å². The fraction of sp³-hybridized carbons (Fsp3) is 0.231. The fourth-order valence-electron chi connectivity index (χ4n) is 2.28. The molecule has 1 aromatic carbocycles. The minimum absolute atomic E-state index is 0.0397. The third-order valence-electron chi connectivity index (χ3n) is 3.15. The van der Waals surface area contributed by atoms with Gasteiger partial charge >= 0.3 is 0 Å². The molecule has 0 saturated carbocycles. The first-order valence-corrected chi connectivity index (χ1v) is 6.64. The molecule has 1 aliphatic heterocycles. The van der Waals surface area contributed by atoms with E-state index in [1.807, 2.05) is 23.1 Å². The van der Waals surface area contributed by atoms with E-state index in [-0.39, 0.29) is 5.91 Å². The van der Waals surface area contributed by atoms with Crippen LogP contribution in [0.25, 0.3) is 0 Å². The molecule has 0 unspecified atom stereocenters. The van der Waals surface area contributed by atoms with Crippen LogP contribution in [0.5, 0.6) is 0 Å². The van der Waals surface area contributed by atoms with Crippen molar-refractivity contribution in [2.24, 2.45) is 0 Å². The highest BCUT2D eigenvalue weighted by atomic mass is 32.1. The molecular formula is C13H13N3OS. The lowest BCUT2D eigenvalue weighted by Gasteiger charge is -2.29. The van der Waals surface area contributed by atoms with Gasteiger partial charge in [-0.05, 0) is 36.0 Å². The third-order valence-corrected chi connectivity index (χ3v) is 3.95. The molecule has 0 aliphatic carbocycles. The maximum absolute atomic E-state index is 12.5. The summed E-state index contributed by atoms with van der Waals surface area (Å²) in [5.41, 5.74) is 8.46. The summed E-state index contributed by atoms with van der Waals surface area (Å²) >= 11 is 1.16. The molecule has 1 amide bonds. The van der Waals surface area contributed by atoms with Crippen molar-refractivity contribution in [2.75, 3.05) is 17.2 Å². The Morgan fingerprint density at radius 1 is 1.39 bits per heavy atom. The highest BCUT2D eigenvalue weighted by Gasteiger charge is 2.25. The van der Waals surface area contributed by atoms with Gasteiger partial charge in [0.1, 0.15) is 4.88 Å². The van der Waals surface area contributed by atoms with Gasteiger partial charge in [0.2, 0.25) is 0 Å². The van der Waals surface area contributed by atoms with Gasteiger partial charge in [-0.25, -0.2) is 0 Å². The van der Waals surface area contributed by atoms with Crippen LogP contribution in [0.2, 0.25) is 0 Å². The van der Waals surface area contributed by atoms with Crippen LogP contribution in [0.4, 0.5) is 11.4 Å². The number of nitrogens with two attached hydrogens (primary N) is 1. The van der Waals surface area contributed by atoms with Gasteiger partial charge in [-0.15, -0.1) is 0 Å². The lowest BCUT2D eigenvalue weighted by atomic mass is 10.0. The average molecular weight is 259 g/mol. The molecule has 0 fully saturated rings. The summed E-state index contributed by atoms with van der Waals surface area (Å²) in [5.74, 6) is -0.0397. The van der Waals surface area contributed by atoms with Gasteiger partial charge in [0.25, 0.3) is 5.91 Å². The summed E-state index contributed by atoms with van der Waals surface area (Å²) in [6, 6.07) is 8.03. The van der Waals surface area contributed by atoms with Crippen molar-refractivity contribution in [3.05, 3.63) is 40.9 Å². The summed E-state index contributed by atoms with van der Waals surface area (Å²) in [5, 5.41) is 0. The molecule has 4 nitrogen and oxygen atoms in total. The zero-order valence-electron chi connectivity index (χ0n) is 9.80. The Bertz CT molecular complexity index is 593. The number of aryl methyl sites for hydroxylation is 1. The van der Waals surface area contributed by atoms with Gasteiger partial charge in [0.05, 0.1) is 11.9 Å². The average Bonchev–Trinajstić information content (AvgIpc) is 2.83. The number of para-hydroxylation sites is 1. The van der Waals surface area contributed by atoms with Gasteiger partial charge < -0.3 is 10.6 Å². The molecule has 0 atom stereocenters. The van der Waals surface area contributed by atoms with Crippen LogP contribution in [0.15, 0.2) is 30.5 Å². The Labute approximate surface area is 109 Å². The normalized spacial score (nSPS) is 14.3. The zero-order valence-corrected chi connectivity index (χ0v) is 10.6. The minimum atomic E-state index is -0.0397. The molecule has 2 aromatic rings. The van der Waals surface area contributed by atoms with E-state index in [2.05, 4.69) is 10.4 Å². The summed E-state index contributed by atoms with van der Waals surface area (Å²) in [6.45, 7) is 0.743. The molecule has 2 heterocycles. The Kier molecular flexibility index (Phi) is 2.76. The number of carbonyl (C=O) groups excluding carboxylic acids is 1. The summed E-state index contributed by atoms with van der Waals surface area (Å²) < 4.78 is 3.96. The van der Waals surface area contributed by atoms with Crippen molar-refractivity contribution in [1.29, 1.82) is 0 Å². The Hall–Kier alpha value is -1.88. The van der Waals surface area contributed by atoms with Crippen LogP contribution in [-0.2, 0) is 6.42 Å². The smallest absolute Gasteiger partial charge is 0.272 e. The predicted octanol–water partition coefficient (Wildman–Crippen LogP) is 2.32. The van der Waals surface area contributed by atoms with Gasteiger partial charge in [-0.3, -0.25) is 4.79 Å². The number of anilines is 2. The molecular weight excluding hydrogens is 246 g/mol. The number of nitrogens with zero attached hydrogens (tertiary/aromatic N) is 2. The quantitative estimate of drug-likeness (QED) is 0.855. The van der Waals surface area contributed by atoms with Crippen molar-refractivity contribution >= 4 is 28.8 Å². The molecule has 0 bridgehead atoms. The van der Waals surface area contributed by atoms with Crippen LogP contribution in [0, 0.1) is 0 Å². The van der Waals surface area contributed by atoms with E-state index in [4.69, 9.17) is 5.73 Å². The number of amides is 1. The van der Waals surface area contributed by atoms with Crippen LogP contribution in [-0.4, -0.2) is 16.8 Å². The monoisotopic (exact) mass is 259 g/mol. The first kappa shape index (κ1) is 11.2. The number of nitrogen functional groups attached to an aromatic ring is 1. The number of rotatable bonds is 1. The molecule has 1 aliphatic rings. The van der Waals surface area contributed by atoms with E-state index in [9.17, 15) is 4.79 Å². The molecule has 1 aromatic heterocycles. The van der Waals surface area contributed by atoms with Gasteiger partial charge in [0, 0.05) is 12.2 Å². The van der Waals surface area contributed by atoms with Crippen molar-refractivity contribution < 1.29 is 4.79 Å². The summed E-state index contributed by atoms with van der Waals surface area (Å²) in [6.07, 6.45) is 3.55. The van der Waals surface area contributed by atoms with Gasteiger partial charge in [-0.2, -0.15) is 4.37 Å². The third kappa shape index (κ3) is 1.76. The second kappa shape index (κ2) is 4.42. The van der Waals surface area contributed by atoms with E-state index in [0.717, 1.165) is 36.6 Å². The first-order chi connectivity index (χ1) is 8.77. The number of hydrogen-bond donors (Lipinski definition) is 1. The lowest BCUT2D eigenvalue weighted by molar-refractivity contribution is 0.0990. The second-order valence-electron chi connectivity index (χ2n) is 4.30.